The minimum absolute atomic E-state index is 0.0630. The van der Waals surface area contributed by atoms with Crippen molar-refractivity contribution in [1.29, 1.82) is 0 Å². The predicted octanol–water partition coefficient (Wildman–Crippen LogP) is 3.35. The second kappa shape index (κ2) is 7.94. The van der Waals surface area contributed by atoms with Gasteiger partial charge in [0.05, 0.1) is 24.4 Å². The lowest BCUT2D eigenvalue weighted by molar-refractivity contribution is -0.122. The van der Waals surface area contributed by atoms with Crippen molar-refractivity contribution in [3.8, 4) is 5.75 Å². The lowest BCUT2D eigenvalue weighted by Crippen LogP contribution is -2.25. The number of nitrogens with zero attached hydrogens (tertiary/aromatic N) is 1. The third kappa shape index (κ3) is 4.84. The van der Waals surface area contributed by atoms with Gasteiger partial charge in [-0.25, -0.2) is 4.98 Å². The van der Waals surface area contributed by atoms with Crippen LogP contribution in [0, 0.1) is 12.8 Å². The Balaban J connectivity index is 1.81. The number of amides is 1. The molecular weight excluding hydrogens is 296 g/mol. The smallest absolute Gasteiger partial charge is 0.220 e. The maximum atomic E-state index is 12.0. The highest BCUT2D eigenvalue weighted by Crippen LogP contribution is 2.22. The minimum Gasteiger partial charge on any atom is -0.496 e. The first-order valence-electron chi connectivity index (χ1n) is 7.38. The number of methoxy groups -OCH3 is 1. The van der Waals surface area contributed by atoms with Crippen molar-refractivity contribution in [3.63, 3.8) is 0 Å². The molecule has 0 unspecified atom stereocenters. The Morgan fingerprint density at radius 2 is 2.18 bits per heavy atom. The Kier molecular flexibility index (Phi) is 5.95. The number of ether oxygens (including phenoxy) is 1. The highest BCUT2D eigenvalue weighted by molar-refractivity contribution is 7.09. The molecule has 0 spiro atoms. The van der Waals surface area contributed by atoms with Crippen LogP contribution in [0.2, 0.25) is 0 Å². The summed E-state index contributed by atoms with van der Waals surface area (Å²) in [6, 6.07) is 7.95. The Labute approximate surface area is 135 Å². The van der Waals surface area contributed by atoms with E-state index in [2.05, 4.69) is 17.2 Å². The Hall–Kier alpha value is -1.88. The molecule has 2 aromatic rings. The zero-order valence-electron chi connectivity index (χ0n) is 13.3. The molecule has 22 heavy (non-hydrogen) atoms. The molecule has 0 fully saturated rings. The van der Waals surface area contributed by atoms with E-state index in [1.54, 1.807) is 18.4 Å². The van der Waals surface area contributed by atoms with E-state index in [0.717, 1.165) is 28.4 Å². The lowest BCUT2D eigenvalue weighted by Gasteiger charge is -2.14. The molecule has 1 aromatic carbocycles. The number of aromatic nitrogens is 1. The van der Waals surface area contributed by atoms with Crippen LogP contribution in [0.1, 0.15) is 29.6 Å². The van der Waals surface area contributed by atoms with E-state index in [4.69, 9.17) is 4.74 Å². The highest BCUT2D eigenvalue weighted by atomic mass is 32.1. The van der Waals surface area contributed by atoms with Crippen molar-refractivity contribution in [1.82, 2.24) is 10.3 Å². The maximum absolute atomic E-state index is 12.0. The number of para-hydroxylation sites is 1. The van der Waals surface area contributed by atoms with E-state index in [1.165, 1.54) is 0 Å². The fourth-order valence-electron chi connectivity index (χ4n) is 2.39. The molecule has 0 saturated heterocycles. The third-order valence-corrected chi connectivity index (χ3v) is 4.25. The van der Waals surface area contributed by atoms with Gasteiger partial charge in [0, 0.05) is 11.8 Å². The second-order valence-electron chi connectivity index (χ2n) is 5.46. The molecule has 2 rings (SSSR count). The van der Waals surface area contributed by atoms with Crippen LogP contribution in [0.25, 0.3) is 0 Å². The van der Waals surface area contributed by atoms with E-state index in [9.17, 15) is 4.79 Å². The number of hydrogen-bond donors (Lipinski definition) is 1. The monoisotopic (exact) mass is 318 g/mol. The average molecular weight is 318 g/mol. The Morgan fingerprint density at radius 3 is 2.86 bits per heavy atom. The highest BCUT2D eigenvalue weighted by Gasteiger charge is 2.12. The number of benzene rings is 1. The van der Waals surface area contributed by atoms with E-state index < -0.39 is 0 Å². The van der Waals surface area contributed by atoms with Crippen LogP contribution in [0.15, 0.2) is 29.6 Å². The molecule has 0 aliphatic carbocycles. The van der Waals surface area contributed by atoms with Crippen molar-refractivity contribution < 1.29 is 9.53 Å². The van der Waals surface area contributed by atoms with Gasteiger partial charge in [0.25, 0.3) is 0 Å². The molecular formula is C17H22N2O2S. The molecule has 1 amide bonds. The normalized spacial score (nSPS) is 12.0. The summed E-state index contributed by atoms with van der Waals surface area (Å²) in [7, 11) is 1.67. The van der Waals surface area contributed by atoms with Crippen LogP contribution in [0.4, 0.5) is 0 Å². The number of thiazole rings is 1. The van der Waals surface area contributed by atoms with Gasteiger partial charge in [0.2, 0.25) is 5.91 Å². The van der Waals surface area contributed by atoms with Crippen LogP contribution in [-0.4, -0.2) is 18.0 Å². The molecule has 5 heteroatoms. The number of rotatable bonds is 7. The van der Waals surface area contributed by atoms with Crippen LogP contribution >= 0.6 is 11.3 Å². The number of carbonyl (C=O) groups excluding carboxylic acids is 1. The van der Waals surface area contributed by atoms with Gasteiger partial charge in [-0.3, -0.25) is 4.79 Å². The van der Waals surface area contributed by atoms with Crippen molar-refractivity contribution in [3.05, 3.63) is 45.9 Å². The Bertz CT molecular complexity index is 625. The summed E-state index contributed by atoms with van der Waals surface area (Å²) >= 11 is 1.60. The van der Waals surface area contributed by atoms with Crippen molar-refractivity contribution in [2.45, 2.75) is 33.2 Å². The molecule has 4 nitrogen and oxygen atoms in total. The summed E-state index contributed by atoms with van der Waals surface area (Å²) < 4.78 is 5.35. The molecule has 0 saturated carbocycles. The van der Waals surface area contributed by atoms with Crippen molar-refractivity contribution in [2.24, 2.45) is 5.92 Å². The predicted molar refractivity (Wildman–Crippen MR) is 89.2 cm³/mol. The fraction of sp³-hybridized carbons (Fsp3) is 0.412. The van der Waals surface area contributed by atoms with Gasteiger partial charge in [0.1, 0.15) is 5.75 Å². The van der Waals surface area contributed by atoms with Crippen LogP contribution in [0.5, 0.6) is 5.75 Å². The van der Waals surface area contributed by atoms with Gasteiger partial charge >= 0.3 is 0 Å². The van der Waals surface area contributed by atoms with E-state index in [0.29, 0.717) is 13.0 Å². The van der Waals surface area contributed by atoms with Gasteiger partial charge in [-0.15, -0.1) is 11.3 Å². The van der Waals surface area contributed by atoms with Crippen LogP contribution in [-0.2, 0) is 17.8 Å². The molecule has 1 N–H and O–H groups in total. The molecule has 1 atom stereocenters. The van der Waals surface area contributed by atoms with Crippen LogP contribution in [0.3, 0.4) is 0 Å². The quantitative estimate of drug-likeness (QED) is 0.852. The number of carbonyl (C=O) groups is 1. The summed E-state index contributed by atoms with van der Waals surface area (Å²) in [6.07, 6.45) is 1.33. The summed E-state index contributed by atoms with van der Waals surface area (Å²) in [5, 5.41) is 5.93. The third-order valence-electron chi connectivity index (χ3n) is 3.43. The lowest BCUT2D eigenvalue weighted by atomic mass is 9.97. The first-order valence-corrected chi connectivity index (χ1v) is 8.26. The first-order chi connectivity index (χ1) is 10.6. The number of nitrogens with one attached hydrogen (secondary N) is 1. The largest absolute Gasteiger partial charge is 0.496 e. The van der Waals surface area contributed by atoms with Gasteiger partial charge in [0.15, 0.2) is 0 Å². The zero-order chi connectivity index (χ0) is 15.9. The van der Waals surface area contributed by atoms with Crippen LogP contribution < -0.4 is 10.1 Å². The summed E-state index contributed by atoms with van der Waals surface area (Å²) in [4.78, 5) is 16.4. The number of aryl methyl sites for hydroxylation is 1. The van der Waals surface area contributed by atoms with Gasteiger partial charge in [-0.1, -0.05) is 25.1 Å². The SMILES string of the molecule is COc1ccccc1C[C@H](C)CC(=O)NCc1csc(C)n1. The molecule has 1 heterocycles. The van der Waals surface area contributed by atoms with E-state index in [1.807, 2.05) is 36.6 Å². The Morgan fingerprint density at radius 1 is 1.41 bits per heavy atom. The van der Waals surface area contributed by atoms with Gasteiger partial charge in [-0.05, 0) is 30.9 Å². The molecule has 0 aliphatic heterocycles. The van der Waals surface area contributed by atoms with Crippen molar-refractivity contribution in [2.75, 3.05) is 7.11 Å². The zero-order valence-corrected chi connectivity index (χ0v) is 14.1. The molecule has 0 bridgehead atoms. The second-order valence-corrected chi connectivity index (χ2v) is 6.52. The topological polar surface area (TPSA) is 51.2 Å². The minimum atomic E-state index is 0.0630. The van der Waals surface area contributed by atoms with E-state index >= 15 is 0 Å². The summed E-state index contributed by atoms with van der Waals surface area (Å²) in [5.41, 5.74) is 2.06. The molecule has 1 aromatic heterocycles. The average Bonchev–Trinajstić information content (AvgIpc) is 2.91. The first kappa shape index (κ1) is 16.5. The maximum Gasteiger partial charge on any atom is 0.220 e. The van der Waals surface area contributed by atoms with Gasteiger partial charge < -0.3 is 10.1 Å². The van der Waals surface area contributed by atoms with Gasteiger partial charge in [-0.2, -0.15) is 0 Å². The molecule has 0 aliphatic rings. The van der Waals surface area contributed by atoms with E-state index in [-0.39, 0.29) is 11.8 Å². The summed E-state index contributed by atoms with van der Waals surface area (Å²) in [5.74, 6) is 1.20. The standard InChI is InChI=1S/C17H22N2O2S/c1-12(8-14-6-4-5-7-16(14)21-3)9-17(20)18-10-15-11-22-13(2)19-15/h4-7,11-12H,8-10H2,1-3H3,(H,18,20)/t12-/m0/s1. The summed E-state index contributed by atoms with van der Waals surface area (Å²) in [6.45, 7) is 4.55. The molecule has 0 radical (unpaired) electrons. The number of hydrogen-bond acceptors (Lipinski definition) is 4. The molecule has 118 valence electrons. The van der Waals surface area contributed by atoms with Crippen molar-refractivity contribution >= 4 is 17.2 Å². The fourth-order valence-corrected chi connectivity index (χ4v) is 3.00.